The molecule has 1 fully saturated rings. The summed E-state index contributed by atoms with van der Waals surface area (Å²) in [7, 11) is 0.919. The Morgan fingerprint density at radius 2 is 2.00 bits per heavy atom. The zero-order valence-corrected chi connectivity index (χ0v) is 25.4. The van der Waals surface area contributed by atoms with Gasteiger partial charge in [0.2, 0.25) is 5.88 Å². The number of nitrogens with one attached hydrogen (secondary N) is 1. The first-order valence-corrected chi connectivity index (χ1v) is 16.3. The molecular formula is C27H45N5O6S. The molecule has 220 valence electrons. The van der Waals surface area contributed by atoms with Gasteiger partial charge in [-0.05, 0) is 59.3 Å². The van der Waals surface area contributed by atoms with Gasteiger partial charge in [0, 0.05) is 31.6 Å². The van der Waals surface area contributed by atoms with Crippen molar-refractivity contribution < 1.29 is 28.5 Å². The molecule has 1 saturated heterocycles. The highest BCUT2D eigenvalue weighted by atomic mass is 32.3. The van der Waals surface area contributed by atoms with E-state index >= 15 is 0 Å². The molecule has 0 radical (unpaired) electrons. The Morgan fingerprint density at radius 3 is 2.67 bits per heavy atom. The normalized spacial score (nSPS) is 17.6. The van der Waals surface area contributed by atoms with E-state index < -0.39 is 15.6 Å². The van der Waals surface area contributed by atoms with E-state index in [9.17, 15) is 9.59 Å². The minimum atomic E-state index is -0.674. The third kappa shape index (κ3) is 9.54. The second kappa shape index (κ2) is 13.2. The lowest BCUT2D eigenvalue weighted by molar-refractivity contribution is 0.00721. The van der Waals surface area contributed by atoms with Crippen LogP contribution < -0.4 is 10.1 Å². The first kappa shape index (κ1) is 31.0. The Labute approximate surface area is 233 Å². The molecule has 1 aliphatic heterocycles. The average molecular weight is 568 g/mol. The first-order valence-electron chi connectivity index (χ1n) is 13.3. The van der Waals surface area contributed by atoms with E-state index in [1.165, 1.54) is 0 Å². The molecule has 0 saturated carbocycles. The SMILES string of the molecule is COC[C@H](C)NC(=O)c1cn(COCCS(C)(C)C)c2ncc(O[C@@H]3CCCN(C(=O)OC(C)(C)C)C3)nc12. The summed E-state index contributed by atoms with van der Waals surface area (Å²) in [6.07, 6.45) is 11.0. The fourth-order valence-corrected chi connectivity index (χ4v) is 4.74. The van der Waals surface area contributed by atoms with Gasteiger partial charge in [-0.25, -0.2) is 24.8 Å². The van der Waals surface area contributed by atoms with Crippen LogP contribution in [0, 0.1) is 0 Å². The van der Waals surface area contributed by atoms with Gasteiger partial charge in [-0.15, -0.1) is 0 Å². The Balaban J connectivity index is 1.79. The van der Waals surface area contributed by atoms with E-state index in [0.717, 1.165) is 18.6 Å². The number of ether oxygens (including phenoxy) is 4. The van der Waals surface area contributed by atoms with Crippen LogP contribution in [0.5, 0.6) is 5.88 Å². The van der Waals surface area contributed by atoms with Crippen molar-refractivity contribution >= 4 is 33.2 Å². The van der Waals surface area contributed by atoms with Crippen LogP contribution in [0.15, 0.2) is 12.4 Å². The highest BCUT2D eigenvalue weighted by Crippen LogP contribution is 2.33. The standard InChI is InChI=1S/C27H45N5O6S/c1-19(17-35-5)29-25(33)21-16-32(18-36-12-13-39(6,7)8)24-23(21)30-22(14-28-24)37-20-10-9-11-31(15-20)26(34)38-27(2,3)4/h14,16,19-20H,9-13,15,17-18H2,1-8H3,(H,29,33)/t19-,20+/m0/s1. The second-order valence-corrected chi connectivity index (χ2v) is 16.5. The lowest BCUT2D eigenvalue weighted by Gasteiger charge is -2.33. The molecule has 0 aliphatic carbocycles. The molecule has 3 rings (SSSR count). The van der Waals surface area contributed by atoms with E-state index in [4.69, 9.17) is 18.9 Å². The van der Waals surface area contributed by atoms with Crippen LogP contribution in [0.25, 0.3) is 11.2 Å². The van der Waals surface area contributed by atoms with Gasteiger partial charge in [0.25, 0.3) is 5.91 Å². The van der Waals surface area contributed by atoms with Gasteiger partial charge in [-0.3, -0.25) is 4.79 Å². The number of aromatic nitrogens is 3. The van der Waals surface area contributed by atoms with Gasteiger partial charge in [0.05, 0.1) is 31.5 Å². The Morgan fingerprint density at radius 1 is 1.26 bits per heavy atom. The van der Waals surface area contributed by atoms with Crippen molar-refractivity contribution in [2.75, 3.05) is 57.9 Å². The summed E-state index contributed by atoms with van der Waals surface area (Å²) in [5.74, 6) is 1.01. The minimum Gasteiger partial charge on any atom is -0.471 e. The molecule has 2 amide bonds. The van der Waals surface area contributed by atoms with Crippen molar-refractivity contribution in [3.63, 3.8) is 0 Å². The number of carbonyl (C=O) groups is 2. The number of nitrogens with zero attached hydrogens (tertiary/aromatic N) is 4. The molecule has 39 heavy (non-hydrogen) atoms. The maximum absolute atomic E-state index is 13.2. The number of hydrogen-bond donors (Lipinski definition) is 1. The quantitative estimate of drug-likeness (QED) is 0.409. The van der Waals surface area contributed by atoms with Gasteiger partial charge in [-0.2, -0.15) is 0 Å². The molecular weight excluding hydrogens is 522 g/mol. The lowest BCUT2D eigenvalue weighted by atomic mass is 10.1. The van der Waals surface area contributed by atoms with Crippen LogP contribution in [0.1, 0.15) is 50.9 Å². The predicted octanol–water partition coefficient (Wildman–Crippen LogP) is 3.64. The summed E-state index contributed by atoms with van der Waals surface area (Å²) in [5.41, 5.74) is 0.785. The van der Waals surface area contributed by atoms with Crippen molar-refractivity contribution in [3.05, 3.63) is 18.0 Å². The zero-order chi connectivity index (χ0) is 28.8. The Hall–Kier alpha value is -2.57. The number of fused-ring (bicyclic) bond motifs is 1. The van der Waals surface area contributed by atoms with Crippen LogP contribution in [-0.4, -0.2) is 107 Å². The van der Waals surface area contributed by atoms with Gasteiger partial charge >= 0.3 is 6.09 Å². The molecule has 2 aromatic rings. The second-order valence-electron chi connectivity index (χ2n) is 11.9. The van der Waals surface area contributed by atoms with Crippen molar-refractivity contribution in [3.8, 4) is 5.88 Å². The van der Waals surface area contributed by atoms with Crippen LogP contribution in [0.4, 0.5) is 4.79 Å². The molecule has 0 bridgehead atoms. The molecule has 12 heteroatoms. The summed E-state index contributed by atoms with van der Waals surface area (Å²) < 4.78 is 24.6. The first-order chi connectivity index (χ1) is 18.3. The number of carbonyl (C=O) groups excluding carboxylic acids is 2. The van der Waals surface area contributed by atoms with Crippen molar-refractivity contribution in [1.82, 2.24) is 24.8 Å². The monoisotopic (exact) mass is 567 g/mol. The number of methoxy groups -OCH3 is 1. The summed E-state index contributed by atoms with van der Waals surface area (Å²) in [6.45, 7) is 9.69. The molecule has 0 unspecified atom stereocenters. The van der Waals surface area contributed by atoms with Gasteiger partial charge in [0.1, 0.15) is 24.0 Å². The summed E-state index contributed by atoms with van der Waals surface area (Å²) in [6, 6.07) is -0.180. The molecule has 2 atom stereocenters. The summed E-state index contributed by atoms with van der Waals surface area (Å²) >= 11 is 0. The van der Waals surface area contributed by atoms with E-state index in [1.54, 1.807) is 29.0 Å². The van der Waals surface area contributed by atoms with Crippen molar-refractivity contribution in [2.24, 2.45) is 0 Å². The van der Waals surface area contributed by atoms with E-state index in [-0.39, 0.29) is 30.9 Å². The van der Waals surface area contributed by atoms with Crippen molar-refractivity contribution in [2.45, 2.75) is 65.0 Å². The molecule has 1 N–H and O–H groups in total. The number of hydrogen-bond acceptors (Lipinski definition) is 8. The molecule has 0 aromatic carbocycles. The summed E-state index contributed by atoms with van der Waals surface area (Å²) in [4.78, 5) is 36.7. The Bertz CT molecular complexity index is 1130. The van der Waals surface area contributed by atoms with Crippen LogP contribution in [0.3, 0.4) is 0 Å². The molecule has 2 aromatic heterocycles. The van der Waals surface area contributed by atoms with Crippen molar-refractivity contribution in [1.29, 1.82) is 0 Å². The zero-order valence-electron chi connectivity index (χ0n) is 24.6. The topological polar surface area (TPSA) is 117 Å². The molecule has 0 spiro atoms. The van der Waals surface area contributed by atoms with Gasteiger partial charge < -0.3 is 33.7 Å². The smallest absolute Gasteiger partial charge is 0.410 e. The number of piperidine rings is 1. The van der Waals surface area contributed by atoms with Gasteiger partial charge in [-0.1, -0.05) is 0 Å². The highest BCUT2D eigenvalue weighted by molar-refractivity contribution is 8.32. The van der Waals surface area contributed by atoms with Crippen LogP contribution in [0.2, 0.25) is 0 Å². The lowest BCUT2D eigenvalue weighted by Crippen LogP contribution is -2.46. The third-order valence-electron chi connectivity index (χ3n) is 5.97. The molecule has 3 heterocycles. The van der Waals surface area contributed by atoms with Crippen LogP contribution >= 0.6 is 10.0 Å². The molecule has 1 aliphatic rings. The molecule has 11 nitrogen and oxygen atoms in total. The number of likely N-dealkylation sites (tertiary alicyclic amines) is 1. The van der Waals surface area contributed by atoms with E-state index in [0.29, 0.717) is 48.9 Å². The highest BCUT2D eigenvalue weighted by Gasteiger charge is 2.29. The van der Waals surface area contributed by atoms with Gasteiger partial charge in [0.15, 0.2) is 5.65 Å². The van der Waals surface area contributed by atoms with Crippen LogP contribution in [-0.2, 0) is 20.9 Å². The maximum atomic E-state index is 13.2. The third-order valence-corrected chi connectivity index (χ3v) is 7.36. The van der Waals surface area contributed by atoms with E-state index in [2.05, 4.69) is 34.1 Å². The number of rotatable bonds is 11. The minimum absolute atomic E-state index is 0.180. The average Bonchev–Trinajstić information content (AvgIpc) is 3.18. The predicted molar refractivity (Wildman–Crippen MR) is 154 cm³/mol. The maximum Gasteiger partial charge on any atom is 0.410 e. The fraction of sp³-hybridized carbons (Fsp3) is 0.704. The Kier molecular flexibility index (Phi) is 10.5. The summed E-state index contributed by atoms with van der Waals surface area (Å²) in [5, 5.41) is 2.95. The largest absolute Gasteiger partial charge is 0.471 e. The van der Waals surface area contributed by atoms with E-state index in [1.807, 2.05) is 27.7 Å². The fourth-order valence-electron chi connectivity index (χ4n) is 4.12. The number of amides is 2.